The van der Waals surface area contributed by atoms with Crippen molar-refractivity contribution in [3.05, 3.63) is 59.7 Å². The van der Waals surface area contributed by atoms with Crippen LogP contribution in [0.3, 0.4) is 0 Å². The standard InChI is InChI=1S/C24H30N2O4/c1-3-17-11-13-18(14-12-17)30-22(4-2)24(28)26-21-10-6-5-9-20(21)23(27)25-16-19-8-7-15-29-19/h5-6,9-14,19,22H,3-4,7-8,15-16H2,1-2H3,(H,25,27)(H,26,28)/t19-,22+/m1/s1. The minimum Gasteiger partial charge on any atom is -0.481 e. The third-order valence-electron chi connectivity index (χ3n) is 5.22. The maximum atomic E-state index is 12.8. The van der Waals surface area contributed by atoms with E-state index in [1.165, 1.54) is 5.56 Å². The highest BCUT2D eigenvalue weighted by atomic mass is 16.5. The average Bonchev–Trinajstić information content (AvgIpc) is 3.30. The Labute approximate surface area is 178 Å². The number of aryl methyl sites for hydroxylation is 1. The molecule has 0 spiro atoms. The van der Waals surface area contributed by atoms with Crippen LogP contribution in [0.25, 0.3) is 0 Å². The Balaban J connectivity index is 1.63. The highest BCUT2D eigenvalue weighted by Gasteiger charge is 2.22. The molecule has 2 aromatic carbocycles. The number of ether oxygens (including phenoxy) is 2. The number of carbonyl (C=O) groups excluding carboxylic acids is 2. The molecule has 0 saturated carbocycles. The summed E-state index contributed by atoms with van der Waals surface area (Å²) in [5, 5.41) is 5.76. The molecule has 6 heteroatoms. The number of para-hydroxylation sites is 1. The summed E-state index contributed by atoms with van der Waals surface area (Å²) in [5.41, 5.74) is 2.10. The van der Waals surface area contributed by atoms with Crippen LogP contribution in [0.15, 0.2) is 48.5 Å². The van der Waals surface area contributed by atoms with Gasteiger partial charge in [-0.05, 0) is 55.5 Å². The lowest BCUT2D eigenvalue weighted by molar-refractivity contribution is -0.122. The largest absolute Gasteiger partial charge is 0.481 e. The van der Waals surface area contributed by atoms with Gasteiger partial charge in [0.25, 0.3) is 11.8 Å². The molecule has 0 aromatic heterocycles. The van der Waals surface area contributed by atoms with Crippen molar-refractivity contribution in [1.82, 2.24) is 5.32 Å². The van der Waals surface area contributed by atoms with Crippen molar-refractivity contribution in [2.24, 2.45) is 0 Å². The fourth-order valence-corrected chi connectivity index (χ4v) is 3.40. The minimum absolute atomic E-state index is 0.0627. The SMILES string of the molecule is CCc1ccc(O[C@@H](CC)C(=O)Nc2ccccc2C(=O)NC[C@H]2CCCO2)cc1. The smallest absolute Gasteiger partial charge is 0.265 e. The van der Waals surface area contributed by atoms with Gasteiger partial charge >= 0.3 is 0 Å². The first-order valence-corrected chi connectivity index (χ1v) is 10.7. The van der Waals surface area contributed by atoms with E-state index < -0.39 is 6.10 Å². The third-order valence-corrected chi connectivity index (χ3v) is 5.22. The van der Waals surface area contributed by atoms with Gasteiger partial charge in [0.15, 0.2) is 6.10 Å². The Morgan fingerprint density at radius 3 is 2.57 bits per heavy atom. The van der Waals surface area contributed by atoms with Crippen LogP contribution in [-0.4, -0.2) is 37.2 Å². The van der Waals surface area contributed by atoms with Crippen LogP contribution in [0.2, 0.25) is 0 Å². The highest BCUT2D eigenvalue weighted by molar-refractivity contribution is 6.04. The zero-order valence-corrected chi connectivity index (χ0v) is 17.6. The van der Waals surface area contributed by atoms with Crippen LogP contribution < -0.4 is 15.4 Å². The van der Waals surface area contributed by atoms with E-state index in [1.807, 2.05) is 31.2 Å². The van der Waals surface area contributed by atoms with Crippen molar-refractivity contribution < 1.29 is 19.1 Å². The van der Waals surface area contributed by atoms with Gasteiger partial charge in [-0.25, -0.2) is 0 Å². The number of carbonyl (C=O) groups is 2. The van der Waals surface area contributed by atoms with E-state index in [1.54, 1.807) is 24.3 Å². The molecule has 1 saturated heterocycles. The first kappa shape index (κ1) is 21.8. The Hall–Kier alpha value is -2.86. The molecule has 30 heavy (non-hydrogen) atoms. The molecule has 1 fully saturated rings. The highest BCUT2D eigenvalue weighted by Crippen LogP contribution is 2.19. The lowest BCUT2D eigenvalue weighted by Gasteiger charge is -2.19. The summed E-state index contributed by atoms with van der Waals surface area (Å²) < 4.78 is 11.4. The summed E-state index contributed by atoms with van der Waals surface area (Å²) in [4.78, 5) is 25.5. The second kappa shape index (κ2) is 10.8. The number of nitrogens with one attached hydrogen (secondary N) is 2. The van der Waals surface area contributed by atoms with Gasteiger partial charge < -0.3 is 20.1 Å². The predicted molar refractivity (Wildman–Crippen MR) is 117 cm³/mol. The van der Waals surface area contributed by atoms with Gasteiger partial charge in [-0.2, -0.15) is 0 Å². The van der Waals surface area contributed by atoms with E-state index in [4.69, 9.17) is 9.47 Å². The van der Waals surface area contributed by atoms with E-state index in [0.717, 1.165) is 25.9 Å². The molecule has 6 nitrogen and oxygen atoms in total. The van der Waals surface area contributed by atoms with Gasteiger partial charge in [0.1, 0.15) is 5.75 Å². The van der Waals surface area contributed by atoms with E-state index in [-0.39, 0.29) is 17.9 Å². The molecule has 160 valence electrons. The second-order valence-corrected chi connectivity index (χ2v) is 7.39. The molecule has 2 atom stereocenters. The van der Waals surface area contributed by atoms with Crippen molar-refractivity contribution in [1.29, 1.82) is 0 Å². The quantitative estimate of drug-likeness (QED) is 0.656. The van der Waals surface area contributed by atoms with Crippen molar-refractivity contribution in [2.75, 3.05) is 18.5 Å². The molecule has 2 amide bonds. The molecule has 3 rings (SSSR count). The van der Waals surface area contributed by atoms with Gasteiger partial charge in [0.05, 0.1) is 17.4 Å². The fraction of sp³-hybridized carbons (Fsp3) is 0.417. The fourth-order valence-electron chi connectivity index (χ4n) is 3.40. The summed E-state index contributed by atoms with van der Waals surface area (Å²) in [6.45, 7) is 5.19. The second-order valence-electron chi connectivity index (χ2n) is 7.39. The molecule has 0 aliphatic carbocycles. The van der Waals surface area contributed by atoms with Gasteiger partial charge in [-0.3, -0.25) is 9.59 Å². The Bertz CT molecular complexity index is 845. The topological polar surface area (TPSA) is 76.7 Å². The van der Waals surface area contributed by atoms with Crippen LogP contribution >= 0.6 is 0 Å². The lowest BCUT2D eigenvalue weighted by atomic mass is 10.1. The number of benzene rings is 2. The molecule has 2 N–H and O–H groups in total. The molecule has 0 bridgehead atoms. The predicted octanol–water partition coefficient (Wildman–Crippen LogP) is 3.95. The number of hydrogen-bond acceptors (Lipinski definition) is 4. The molecular weight excluding hydrogens is 380 g/mol. The molecule has 0 radical (unpaired) electrons. The number of anilines is 1. The van der Waals surface area contributed by atoms with Crippen LogP contribution in [0.4, 0.5) is 5.69 Å². The van der Waals surface area contributed by atoms with Gasteiger partial charge in [-0.15, -0.1) is 0 Å². The Morgan fingerprint density at radius 1 is 1.13 bits per heavy atom. The first-order chi connectivity index (χ1) is 14.6. The molecule has 1 heterocycles. The molecular formula is C24H30N2O4. The Kier molecular flexibility index (Phi) is 7.85. The zero-order valence-electron chi connectivity index (χ0n) is 17.6. The van der Waals surface area contributed by atoms with Crippen molar-refractivity contribution in [2.45, 2.75) is 51.7 Å². The molecule has 2 aromatic rings. The maximum Gasteiger partial charge on any atom is 0.265 e. The third kappa shape index (κ3) is 5.83. The van der Waals surface area contributed by atoms with E-state index in [2.05, 4.69) is 17.6 Å². The van der Waals surface area contributed by atoms with E-state index in [0.29, 0.717) is 30.0 Å². The number of amides is 2. The first-order valence-electron chi connectivity index (χ1n) is 10.7. The number of hydrogen-bond donors (Lipinski definition) is 2. The van der Waals surface area contributed by atoms with Gasteiger partial charge in [0, 0.05) is 13.2 Å². The van der Waals surface area contributed by atoms with Crippen LogP contribution in [0.1, 0.15) is 49.0 Å². The van der Waals surface area contributed by atoms with Gasteiger partial charge in [-0.1, -0.05) is 38.1 Å². The van der Waals surface area contributed by atoms with Crippen molar-refractivity contribution >= 4 is 17.5 Å². The summed E-state index contributed by atoms with van der Waals surface area (Å²) in [6.07, 6.45) is 2.84. The summed E-state index contributed by atoms with van der Waals surface area (Å²) in [5.74, 6) is 0.138. The van der Waals surface area contributed by atoms with Crippen LogP contribution in [-0.2, 0) is 16.0 Å². The van der Waals surface area contributed by atoms with Gasteiger partial charge in [0.2, 0.25) is 0 Å². The summed E-state index contributed by atoms with van der Waals surface area (Å²) >= 11 is 0. The van der Waals surface area contributed by atoms with Crippen LogP contribution in [0, 0.1) is 0 Å². The van der Waals surface area contributed by atoms with Crippen molar-refractivity contribution in [3.8, 4) is 5.75 Å². The van der Waals surface area contributed by atoms with E-state index >= 15 is 0 Å². The summed E-state index contributed by atoms with van der Waals surface area (Å²) in [7, 11) is 0. The molecule has 0 unspecified atom stereocenters. The van der Waals surface area contributed by atoms with E-state index in [9.17, 15) is 9.59 Å². The van der Waals surface area contributed by atoms with Crippen molar-refractivity contribution in [3.63, 3.8) is 0 Å². The summed E-state index contributed by atoms with van der Waals surface area (Å²) in [6, 6.07) is 14.7. The van der Waals surface area contributed by atoms with Crippen LogP contribution in [0.5, 0.6) is 5.75 Å². The molecule has 1 aliphatic heterocycles. The minimum atomic E-state index is -0.652. The normalized spacial score (nSPS) is 16.7. The Morgan fingerprint density at radius 2 is 1.90 bits per heavy atom. The number of rotatable bonds is 9. The molecule has 1 aliphatic rings. The maximum absolute atomic E-state index is 12.8. The monoisotopic (exact) mass is 410 g/mol. The average molecular weight is 411 g/mol. The lowest BCUT2D eigenvalue weighted by Crippen LogP contribution is -2.35. The zero-order chi connectivity index (χ0) is 21.3.